The van der Waals surface area contributed by atoms with E-state index in [0.717, 1.165) is 57.1 Å². The monoisotopic (exact) mass is 362 g/mol. The fraction of sp³-hybridized carbons (Fsp3) is 0.444. The number of hydrazone groups is 1. The van der Waals surface area contributed by atoms with Gasteiger partial charge in [-0.2, -0.15) is 5.10 Å². The third kappa shape index (κ3) is 7.64. The Morgan fingerprint density at radius 2 is 2.16 bits per heavy atom. The Morgan fingerprint density at radius 1 is 1.36 bits per heavy atom. The lowest BCUT2D eigenvalue weighted by Crippen LogP contribution is -2.39. The number of benzene rings is 1. The summed E-state index contributed by atoms with van der Waals surface area (Å²) in [6, 6.07) is 7.81. The highest BCUT2D eigenvalue weighted by atomic mass is 32.1. The minimum atomic E-state index is 0.531. The summed E-state index contributed by atoms with van der Waals surface area (Å²) in [7, 11) is 1.66. The van der Waals surface area contributed by atoms with Gasteiger partial charge in [0.15, 0.2) is 5.11 Å². The number of ether oxygens (including phenoxy) is 2. The molecular weight excluding hydrogens is 336 g/mol. The molecule has 136 valence electrons. The minimum absolute atomic E-state index is 0.531. The average Bonchev–Trinajstić information content (AvgIpc) is 2.66. The highest BCUT2D eigenvalue weighted by Crippen LogP contribution is 2.18. The van der Waals surface area contributed by atoms with Crippen LogP contribution in [0, 0.1) is 0 Å². The van der Waals surface area contributed by atoms with Crippen molar-refractivity contribution in [1.82, 2.24) is 15.6 Å². The summed E-state index contributed by atoms with van der Waals surface area (Å²) in [5.41, 5.74) is 3.81. The molecule has 0 atom stereocenters. The second-order valence-electron chi connectivity index (χ2n) is 5.55. The molecule has 1 aliphatic rings. The Balaban J connectivity index is 1.59. The summed E-state index contributed by atoms with van der Waals surface area (Å²) in [4.78, 5) is 2.41. The summed E-state index contributed by atoms with van der Waals surface area (Å²) in [5, 5.41) is 7.76. The van der Waals surface area contributed by atoms with E-state index in [1.54, 1.807) is 13.3 Å². The molecule has 1 fully saturated rings. The topological polar surface area (TPSA) is 58.1 Å². The van der Waals surface area contributed by atoms with Crippen LogP contribution in [-0.4, -0.2) is 62.7 Å². The lowest BCUT2D eigenvalue weighted by Gasteiger charge is -2.26. The number of para-hydroxylation sites is 1. The van der Waals surface area contributed by atoms with Crippen LogP contribution in [0.15, 0.2) is 35.4 Å². The smallest absolute Gasteiger partial charge is 0.186 e. The predicted molar refractivity (Wildman–Crippen MR) is 106 cm³/mol. The zero-order valence-electron chi connectivity index (χ0n) is 14.6. The van der Waals surface area contributed by atoms with Crippen LogP contribution < -0.4 is 15.5 Å². The molecule has 0 radical (unpaired) electrons. The van der Waals surface area contributed by atoms with Crippen LogP contribution in [0.2, 0.25) is 0 Å². The first-order valence-electron chi connectivity index (χ1n) is 8.46. The van der Waals surface area contributed by atoms with Crippen molar-refractivity contribution in [1.29, 1.82) is 0 Å². The second kappa shape index (κ2) is 11.6. The molecule has 1 aliphatic heterocycles. The zero-order chi connectivity index (χ0) is 17.7. The van der Waals surface area contributed by atoms with Gasteiger partial charge in [-0.25, -0.2) is 0 Å². The molecule has 0 aliphatic carbocycles. The minimum Gasteiger partial charge on any atom is -0.496 e. The van der Waals surface area contributed by atoms with Gasteiger partial charge in [0.1, 0.15) is 5.75 Å². The van der Waals surface area contributed by atoms with Crippen LogP contribution in [0.5, 0.6) is 5.75 Å². The van der Waals surface area contributed by atoms with Crippen LogP contribution in [-0.2, 0) is 4.74 Å². The fourth-order valence-corrected chi connectivity index (χ4v) is 2.61. The van der Waals surface area contributed by atoms with Crippen molar-refractivity contribution in [3.63, 3.8) is 0 Å². The number of hydrogen-bond donors (Lipinski definition) is 2. The number of rotatable bonds is 8. The summed E-state index contributed by atoms with van der Waals surface area (Å²) in [6.45, 7) is 5.60. The zero-order valence-corrected chi connectivity index (χ0v) is 15.4. The quantitative estimate of drug-likeness (QED) is 0.319. The van der Waals surface area contributed by atoms with E-state index in [-0.39, 0.29) is 0 Å². The molecule has 25 heavy (non-hydrogen) atoms. The molecule has 2 N–H and O–H groups in total. The Hall–Kier alpha value is -1.96. The number of nitrogens with one attached hydrogen (secondary N) is 2. The van der Waals surface area contributed by atoms with E-state index >= 15 is 0 Å². The van der Waals surface area contributed by atoms with Crippen molar-refractivity contribution in [3.8, 4) is 5.75 Å². The second-order valence-corrected chi connectivity index (χ2v) is 5.96. The van der Waals surface area contributed by atoms with Gasteiger partial charge in [-0.1, -0.05) is 18.2 Å². The summed E-state index contributed by atoms with van der Waals surface area (Å²) in [6.07, 6.45) is 6.47. The van der Waals surface area contributed by atoms with Crippen molar-refractivity contribution in [3.05, 3.63) is 35.9 Å². The van der Waals surface area contributed by atoms with Crippen LogP contribution in [0.1, 0.15) is 12.0 Å². The third-order valence-electron chi connectivity index (χ3n) is 3.78. The SMILES string of the molecule is COc1ccccc1/C=C/C=N/NC(=S)NCCCN1CCOCC1. The van der Waals surface area contributed by atoms with E-state index < -0.39 is 0 Å². The van der Waals surface area contributed by atoms with Crippen molar-refractivity contribution < 1.29 is 9.47 Å². The van der Waals surface area contributed by atoms with Crippen molar-refractivity contribution in [2.24, 2.45) is 5.10 Å². The molecule has 1 aromatic carbocycles. The predicted octanol–water partition coefficient (Wildman–Crippen LogP) is 1.88. The van der Waals surface area contributed by atoms with Gasteiger partial charge in [-0.3, -0.25) is 10.3 Å². The first-order valence-corrected chi connectivity index (χ1v) is 8.87. The maximum absolute atomic E-state index is 5.33. The molecule has 1 aromatic rings. The number of nitrogens with zero attached hydrogens (tertiary/aromatic N) is 2. The molecular formula is C18H26N4O2S. The molecule has 0 bridgehead atoms. The fourth-order valence-electron chi connectivity index (χ4n) is 2.46. The van der Waals surface area contributed by atoms with Gasteiger partial charge >= 0.3 is 0 Å². The standard InChI is InChI=1S/C18H26N4O2S/c1-23-17-8-3-2-6-16(17)7-4-10-20-21-18(25)19-9-5-11-22-12-14-24-15-13-22/h2-4,6-8,10H,5,9,11-15H2,1H3,(H2,19,21,25)/b7-4+,20-10+. The van der Waals surface area contributed by atoms with Crippen LogP contribution in [0.25, 0.3) is 6.08 Å². The van der Waals surface area contributed by atoms with Gasteiger partial charge in [-0.15, -0.1) is 0 Å². The average molecular weight is 362 g/mol. The van der Waals surface area contributed by atoms with Gasteiger partial charge in [0, 0.05) is 31.4 Å². The van der Waals surface area contributed by atoms with Crippen molar-refractivity contribution >= 4 is 29.6 Å². The normalized spacial score (nSPS) is 15.6. The Morgan fingerprint density at radius 3 is 2.96 bits per heavy atom. The lowest BCUT2D eigenvalue weighted by atomic mass is 10.2. The van der Waals surface area contributed by atoms with Gasteiger partial charge in [0.2, 0.25) is 0 Å². The van der Waals surface area contributed by atoms with Gasteiger partial charge in [0.25, 0.3) is 0 Å². The van der Waals surface area contributed by atoms with Crippen LogP contribution >= 0.6 is 12.2 Å². The summed E-state index contributed by atoms with van der Waals surface area (Å²) in [5.74, 6) is 0.831. The van der Waals surface area contributed by atoms with E-state index in [1.807, 2.05) is 36.4 Å². The van der Waals surface area contributed by atoms with Crippen molar-refractivity contribution in [2.45, 2.75) is 6.42 Å². The molecule has 0 spiro atoms. The third-order valence-corrected chi connectivity index (χ3v) is 4.02. The molecule has 0 amide bonds. The Labute approximate surface area is 154 Å². The first-order chi connectivity index (χ1) is 12.3. The molecule has 0 unspecified atom stereocenters. The Bertz CT molecular complexity index is 586. The number of thiocarbonyl (C=S) groups is 1. The molecule has 2 rings (SSSR count). The van der Waals surface area contributed by atoms with E-state index in [9.17, 15) is 0 Å². The summed E-state index contributed by atoms with van der Waals surface area (Å²) < 4.78 is 10.6. The number of methoxy groups -OCH3 is 1. The van der Waals surface area contributed by atoms with Gasteiger partial charge < -0.3 is 14.8 Å². The first kappa shape index (κ1) is 19.4. The lowest BCUT2D eigenvalue weighted by molar-refractivity contribution is 0.0376. The van der Waals surface area contributed by atoms with Crippen molar-refractivity contribution in [2.75, 3.05) is 46.5 Å². The van der Waals surface area contributed by atoms with E-state index in [4.69, 9.17) is 21.7 Å². The molecule has 7 heteroatoms. The van der Waals surface area contributed by atoms with Gasteiger partial charge in [0.05, 0.1) is 20.3 Å². The number of hydrogen-bond acceptors (Lipinski definition) is 5. The highest BCUT2D eigenvalue weighted by Gasteiger charge is 2.08. The van der Waals surface area contributed by atoms with E-state index in [1.165, 1.54) is 0 Å². The van der Waals surface area contributed by atoms with E-state index in [0.29, 0.717) is 5.11 Å². The van der Waals surface area contributed by atoms with E-state index in [2.05, 4.69) is 20.7 Å². The highest BCUT2D eigenvalue weighted by molar-refractivity contribution is 7.80. The molecule has 6 nitrogen and oxygen atoms in total. The maximum atomic E-state index is 5.33. The molecule has 1 saturated heterocycles. The van der Waals surface area contributed by atoms with Crippen LogP contribution in [0.3, 0.4) is 0 Å². The molecule has 1 heterocycles. The maximum Gasteiger partial charge on any atom is 0.186 e. The number of morpholine rings is 1. The number of allylic oxidation sites excluding steroid dienone is 1. The van der Waals surface area contributed by atoms with Crippen LogP contribution in [0.4, 0.5) is 0 Å². The largest absolute Gasteiger partial charge is 0.496 e. The molecule has 0 aromatic heterocycles. The molecule has 0 saturated carbocycles. The summed E-state index contributed by atoms with van der Waals surface area (Å²) >= 11 is 5.19. The van der Waals surface area contributed by atoms with Gasteiger partial charge in [-0.05, 0) is 43.4 Å². The Kier molecular flexibility index (Phi) is 8.96.